The van der Waals surface area contributed by atoms with E-state index in [1.807, 2.05) is 6.07 Å². The molecule has 7 nitrogen and oxygen atoms in total. The van der Waals surface area contributed by atoms with Crippen molar-refractivity contribution < 1.29 is 23.4 Å². The Morgan fingerprint density at radius 1 is 1.27 bits per heavy atom. The van der Waals surface area contributed by atoms with Crippen molar-refractivity contribution in [2.45, 2.75) is 37.5 Å². The molecular weight excluding hydrogens is 425 g/mol. The Morgan fingerprint density at radius 3 is 2.94 bits per heavy atom. The summed E-state index contributed by atoms with van der Waals surface area (Å²) in [4.78, 5) is 12.5. The molecule has 3 heterocycles. The van der Waals surface area contributed by atoms with Gasteiger partial charge in [-0.25, -0.2) is 4.39 Å². The lowest BCUT2D eigenvalue weighted by Gasteiger charge is -2.28. The predicted octanol–water partition coefficient (Wildman–Crippen LogP) is 2.43. The lowest BCUT2D eigenvalue weighted by atomic mass is 9.89. The minimum Gasteiger partial charge on any atom is -0.488 e. The molecule has 0 saturated carbocycles. The molecule has 0 aliphatic carbocycles. The van der Waals surface area contributed by atoms with Gasteiger partial charge < -0.3 is 24.8 Å². The minimum atomic E-state index is -0.877. The Kier molecular flexibility index (Phi) is 6.27. The molecular formula is C25H26FN3O4. The zero-order chi connectivity index (χ0) is 22.8. The van der Waals surface area contributed by atoms with Crippen molar-refractivity contribution in [2.75, 3.05) is 32.9 Å². The summed E-state index contributed by atoms with van der Waals surface area (Å²) in [6.45, 7) is 3.47. The van der Waals surface area contributed by atoms with Gasteiger partial charge in [0.2, 0.25) is 0 Å². The van der Waals surface area contributed by atoms with E-state index in [0.717, 1.165) is 24.1 Å². The molecule has 0 aromatic heterocycles. The predicted molar refractivity (Wildman–Crippen MR) is 118 cm³/mol. The summed E-state index contributed by atoms with van der Waals surface area (Å²) >= 11 is 0. The minimum absolute atomic E-state index is 0.0389. The zero-order valence-corrected chi connectivity index (χ0v) is 18.2. The highest BCUT2D eigenvalue weighted by Gasteiger charge is 2.27. The van der Waals surface area contributed by atoms with Crippen LogP contribution in [0, 0.1) is 17.1 Å². The number of halogens is 1. The van der Waals surface area contributed by atoms with Gasteiger partial charge in [-0.2, -0.15) is 5.26 Å². The van der Waals surface area contributed by atoms with Crippen LogP contribution in [0.1, 0.15) is 29.0 Å². The van der Waals surface area contributed by atoms with Gasteiger partial charge in [0.05, 0.1) is 19.3 Å². The van der Waals surface area contributed by atoms with E-state index in [0.29, 0.717) is 55.8 Å². The van der Waals surface area contributed by atoms with Crippen LogP contribution in [0.25, 0.3) is 11.1 Å². The second-order valence-corrected chi connectivity index (χ2v) is 8.69. The molecule has 2 saturated heterocycles. The Labute approximate surface area is 191 Å². The van der Waals surface area contributed by atoms with E-state index in [4.69, 9.17) is 14.2 Å². The summed E-state index contributed by atoms with van der Waals surface area (Å²) in [5.41, 5.74) is 4.19. The maximum absolute atomic E-state index is 15.1. The third kappa shape index (κ3) is 4.58. The van der Waals surface area contributed by atoms with Gasteiger partial charge in [0.1, 0.15) is 30.3 Å². The maximum Gasteiger partial charge on any atom is 0.251 e. The number of hydrogen-bond acceptors (Lipinski definition) is 6. The molecule has 0 spiro atoms. The van der Waals surface area contributed by atoms with Gasteiger partial charge in [-0.3, -0.25) is 4.79 Å². The molecule has 0 bridgehead atoms. The van der Waals surface area contributed by atoms with Crippen LogP contribution in [-0.2, 0) is 27.3 Å². The van der Waals surface area contributed by atoms with Crippen molar-refractivity contribution in [3.8, 4) is 22.9 Å². The smallest absolute Gasteiger partial charge is 0.251 e. The Bertz CT molecular complexity index is 1090. The van der Waals surface area contributed by atoms with Gasteiger partial charge in [-0.15, -0.1) is 0 Å². The molecule has 2 atom stereocenters. The topological polar surface area (TPSA) is 92.6 Å². The Morgan fingerprint density at radius 2 is 2.15 bits per heavy atom. The summed E-state index contributed by atoms with van der Waals surface area (Å²) in [5, 5.41) is 15.4. The zero-order valence-electron chi connectivity index (χ0n) is 18.2. The highest BCUT2D eigenvalue weighted by molar-refractivity contribution is 5.82. The van der Waals surface area contributed by atoms with E-state index in [9.17, 15) is 10.1 Å². The number of rotatable bonds is 5. The fraction of sp³-hybridized carbons (Fsp3) is 0.440. The van der Waals surface area contributed by atoms with Gasteiger partial charge in [0, 0.05) is 31.1 Å². The quantitative estimate of drug-likeness (QED) is 0.726. The number of carbonyl (C=O) groups is 1. The van der Waals surface area contributed by atoms with Crippen molar-refractivity contribution in [3.05, 3.63) is 52.8 Å². The summed E-state index contributed by atoms with van der Waals surface area (Å²) in [6.07, 6.45) is 0.203. The van der Waals surface area contributed by atoms with Gasteiger partial charge >= 0.3 is 0 Å². The molecule has 3 aliphatic heterocycles. The summed E-state index contributed by atoms with van der Waals surface area (Å²) in [6, 6.07) is 10.5. The summed E-state index contributed by atoms with van der Waals surface area (Å²) in [5.74, 6) is 0.162. The lowest BCUT2D eigenvalue weighted by molar-refractivity contribution is -0.132. The third-order valence-electron chi connectivity index (χ3n) is 6.40. The summed E-state index contributed by atoms with van der Waals surface area (Å²) < 4.78 is 31.9. The van der Waals surface area contributed by atoms with Crippen molar-refractivity contribution >= 4 is 5.91 Å². The first-order chi connectivity index (χ1) is 16.1. The fourth-order valence-corrected chi connectivity index (χ4v) is 4.39. The second-order valence-electron chi connectivity index (χ2n) is 8.69. The van der Waals surface area contributed by atoms with Crippen LogP contribution < -0.4 is 15.4 Å². The van der Waals surface area contributed by atoms with Crippen LogP contribution >= 0.6 is 0 Å². The molecule has 172 valence electrons. The van der Waals surface area contributed by atoms with Crippen molar-refractivity contribution in [3.63, 3.8) is 0 Å². The Hall–Kier alpha value is -2.99. The van der Waals surface area contributed by atoms with Crippen LogP contribution in [0.4, 0.5) is 4.39 Å². The monoisotopic (exact) mass is 451 g/mol. The lowest BCUT2D eigenvalue weighted by Crippen LogP contribution is -2.46. The molecule has 2 aromatic carbocycles. The largest absolute Gasteiger partial charge is 0.488 e. The molecule has 8 heteroatoms. The van der Waals surface area contributed by atoms with E-state index >= 15 is 4.39 Å². The molecule has 5 rings (SSSR count). The number of ether oxygens (including phenoxy) is 3. The highest BCUT2D eigenvalue weighted by Crippen LogP contribution is 2.41. The first-order valence-corrected chi connectivity index (χ1v) is 11.3. The second kappa shape index (κ2) is 9.48. The van der Waals surface area contributed by atoms with E-state index in [1.165, 1.54) is 11.6 Å². The number of hydrogen-bond donors (Lipinski definition) is 2. The number of amides is 1. The molecule has 33 heavy (non-hydrogen) atoms. The number of fused-ring (bicyclic) bond motifs is 3. The average molecular weight is 451 g/mol. The number of nitrogens with one attached hydrogen (secondary N) is 2. The fourth-order valence-electron chi connectivity index (χ4n) is 4.39. The average Bonchev–Trinajstić information content (AvgIpc) is 3.07. The number of nitrogens with zero attached hydrogens (tertiary/aromatic N) is 1. The van der Waals surface area contributed by atoms with Crippen molar-refractivity contribution in [1.29, 1.82) is 5.26 Å². The van der Waals surface area contributed by atoms with Crippen LogP contribution in [-0.4, -0.2) is 51.0 Å². The number of nitriles is 1. The number of benzene rings is 2. The van der Waals surface area contributed by atoms with Gasteiger partial charge in [-0.1, -0.05) is 18.2 Å². The Balaban J connectivity index is 1.34. The molecule has 0 unspecified atom stereocenters. The molecule has 2 N–H and O–H groups in total. The van der Waals surface area contributed by atoms with Gasteiger partial charge in [-0.05, 0) is 47.4 Å². The van der Waals surface area contributed by atoms with E-state index < -0.39 is 18.0 Å². The first-order valence-electron chi connectivity index (χ1n) is 11.3. The van der Waals surface area contributed by atoms with Crippen LogP contribution in [0.3, 0.4) is 0 Å². The van der Waals surface area contributed by atoms with Crippen LogP contribution in [0.5, 0.6) is 5.75 Å². The van der Waals surface area contributed by atoms with Crippen molar-refractivity contribution in [2.24, 2.45) is 0 Å². The summed E-state index contributed by atoms with van der Waals surface area (Å²) in [7, 11) is 0. The van der Waals surface area contributed by atoms with E-state index in [-0.39, 0.29) is 12.3 Å². The normalized spacial score (nSPS) is 20.8. The molecule has 2 aromatic rings. The molecule has 2 fully saturated rings. The van der Waals surface area contributed by atoms with Crippen LogP contribution in [0.15, 0.2) is 30.3 Å². The standard InChI is InChI=1S/C25H26FN3O4/c26-22-9-21-20-7-15(18-12-31-13-18)2-3-16(20)14-33-23(21)8-17(22)6-19(10-27)29-25(30)24-11-28-4-1-5-32-24/h2-3,7-9,18-19,24,28H,1,4-6,11-14H2,(H,29,30)/t19-,24+/m1/s1. The number of carbonyl (C=O) groups excluding carboxylic acids is 1. The maximum atomic E-state index is 15.1. The third-order valence-corrected chi connectivity index (χ3v) is 6.40. The van der Waals surface area contributed by atoms with Gasteiger partial charge in [0.25, 0.3) is 5.91 Å². The van der Waals surface area contributed by atoms with Gasteiger partial charge in [0.15, 0.2) is 0 Å². The van der Waals surface area contributed by atoms with Crippen molar-refractivity contribution in [1.82, 2.24) is 10.6 Å². The highest BCUT2D eigenvalue weighted by atomic mass is 19.1. The molecule has 0 radical (unpaired) electrons. The first kappa shape index (κ1) is 21.8. The SMILES string of the molecule is N#C[C@@H](Cc1cc2c(cc1F)-c1cc(C3COC3)ccc1CO2)NC(=O)[C@@H]1CNCCCO1. The molecule has 1 amide bonds. The van der Waals surface area contributed by atoms with E-state index in [1.54, 1.807) is 6.07 Å². The molecule has 3 aliphatic rings. The van der Waals surface area contributed by atoms with E-state index in [2.05, 4.69) is 28.8 Å². The van der Waals surface area contributed by atoms with Crippen LogP contribution in [0.2, 0.25) is 0 Å².